The number of hydrogen-bond acceptors (Lipinski definition) is 2. The second kappa shape index (κ2) is 7.43. The molecule has 1 aromatic heterocycles. The van der Waals surface area contributed by atoms with Crippen LogP contribution in [0.15, 0.2) is 48.7 Å². The van der Waals surface area contributed by atoms with E-state index in [1.807, 2.05) is 43.5 Å². The van der Waals surface area contributed by atoms with Crippen LogP contribution in [0.25, 0.3) is 10.9 Å². The molecule has 1 aliphatic heterocycles. The zero-order valence-electron chi connectivity index (χ0n) is 15.5. The van der Waals surface area contributed by atoms with Gasteiger partial charge in [0.15, 0.2) is 0 Å². The van der Waals surface area contributed by atoms with Crippen LogP contribution in [0.4, 0.5) is 10.1 Å². The summed E-state index contributed by atoms with van der Waals surface area (Å²) < 4.78 is 13.4. The van der Waals surface area contributed by atoms with Crippen LogP contribution in [0.5, 0.6) is 0 Å². The molecule has 1 saturated heterocycles. The van der Waals surface area contributed by atoms with E-state index in [-0.39, 0.29) is 17.8 Å². The van der Waals surface area contributed by atoms with E-state index >= 15 is 0 Å². The third kappa shape index (κ3) is 3.82. The number of halogens is 1. The quantitative estimate of drug-likeness (QED) is 0.736. The molecule has 1 fully saturated rings. The van der Waals surface area contributed by atoms with Gasteiger partial charge in [-0.15, -0.1) is 0 Å². The number of carbonyl (C=O) groups is 1. The molecule has 4 nitrogen and oxygen atoms in total. The Morgan fingerprint density at radius 2 is 2.15 bits per heavy atom. The van der Waals surface area contributed by atoms with Gasteiger partial charge in [-0.05, 0) is 55.2 Å². The second-order valence-corrected chi connectivity index (χ2v) is 7.32. The maximum Gasteiger partial charge on any atom is 0.224 e. The summed E-state index contributed by atoms with van der Waals surface area (Å²) in [6, 6.07) is 13.0. The molecule has 27 heavy (non-hydrogen) atoms. The highest BCUT2D eigenvalue weighted by atomic mass is 19.1. The molecule has 0 saturated carbocycles. The van der Waals surface area contributed by atoms with E-state index in [0.717, 1.165) is 53.6 Å². The summed E-state index contributed by atoms with van der Waals surface area (Å²) in [5.41, 5.74) is 4.05. The predicted molar refractivity (Wildman–Crippen MR) is 107 cm³/mol. The van der Waals surface area contributed by atoms with Crippen LogP contribution in [0, 0.1) is 12.7 Å². The molecule has 0 radical (unpaired) electrons. The number of piperidine rings is 1. The lowest BCUT2D eigenvalue weighted by Crippen LogP contribution is -2.48. The topological polar surface area (TPSA) is 48.1 Å². The number of carbonyl (C=O) groups excluding carboxylic acids is 1. The number of aryl methyl sites for hydroxylation is 1. The van der Waals surface area contributed by atoms with Crippen LogP contribution in [0.1, 0.15) is 24.0 Å². The third-order valence-electron chi connectivity index (χ3n) is 5.31. The molecule has 1 amide bonds. The molecule has 5 heteroatoms. The molecule has 0 aliphatic carbocycles. The van der Waals surface area contributed by atoms with E-state index in [0.29, 0.717) is 6.42 Å². The normalized spacial score (nSPS) is 17.3. The Balaban J connectivity index is 1.41. The number of fused-ring (bicyclic) bond motifs is 1. The molecule has 1 atom stereocenters. The van der Waals surface area contributed by atoms with E-state index in [2.05, 4.69) is 15.2 Å². The Bertz CT molecular complexity index is 965. The van der Waals surface area contributed by atoms with Crippen molar-refractivity contribution in [2.45, 2.75) is 32.2 Å². The SMILES string of the molecule is Cc1cc(F)ccc1N1CCCC(NC(=O)Cc2c[nH]c3ccccc23)C1. The monoisotopic (exact) mass is 365 g/mol. The average molecular weight is 365 g/mol. The fraction of sp³-hybridized carbons (Fsp3) is 0.318. The Hall–Kier alpha value is -2.82. The highest BCUT2D eigenvalue weighted by Gasteiger charge is 2.23. The summed E-state index contributed by atoms with van der Waals surface area (Å²) in [5, 5.41) is 4.28. The maximum atomic E-state index is 13.4. The number of aromatic amines is 1. The standard InChI is InChI=1S/C22H24FN3O/c1-15-11-17(23)8-9-21(15)26-10-4-5-18(14-26)25-22(27)12-16-13-24-20-7-3-2-6-19(16)20/h2-3,6-9,11,13,18,24H,4-5,10,12,14H2,1H3,(H,25,27). The van der Waals surface area contributed by atoms with Crippen LogP contribution in [0.3, 0.4) is 0 Å². The molecular formula is C22H24FN3O. The average Bonchev–Trinajstić information content (AvgIpc) is 3.05. The number of para-hydroxylation sites is 1. The molecule has 1 unspecified atom stereocenters. The van der Waals surface area contributed by atoms with Gasteiger partial charge in [-0.3, -0.25) is 4.79 Å². The van der Waals surface area contributed by atoms with Crippen molar-refractivity contribution in [1.29, 1.82) is 0 Å². The van der Waals surface area contributed by atoms with Crippen molar-refractivity contribution in [3.05, 3.63) is 65.6 Å². The van der Waals surface area contributed by atoms with Crippen molar-refractivity contribution in [3.8, 4) is 0 Å². The van der Waals surface area contributed by atoms with Crippen LogP contribution >= 0.6 is 0 Å². The third-order valence-corrected chi connectivity index (χ3v) is 5.31. The fourth-order valence-corrected chi connectivity index (χ4v) is 4.02. The number of benzene rings is 2. The zero-order valence-corrected chi connectivity index (χ0v) is 15.5. The number of H-pyrrole nitrogens is 1. The van der Waals surface area contributed by atoms with Gasteiger partial charge in [-0.2, -0.15) is 0 Å². The van der Waals surface area contributed by atoms with Crippen molar-refractivity contribution in [2.75, 3.05) is 18.0 Å². The van der Waals surface area contributed by atoms with Crippen LogP contribution in [-0.4, -0.2) is 30.0 Å². The molecule has 2 heterocycles. The van der Waals surface area contributed by atoms with E-state index in [1.165, 1.54) is 6.07 Å². The Labute approximate surface area is 158 Å². The number of nitrogens with zero attached hydrogens (tertiary/aromatic N) is 1. The Morgan fingerprint density at radius 1 is 1.30 bits per heavy atom. The van der Waals surface area contributed by atoms with Crippen molar-refractivity contribution >= 4 is 22.5 Å². The highest BCUT2D eigenvalue weighted by molar-refractivity contribution is 5.89. The number of anilines is 1. The summed E-state index contributed by atoms with van der Waals surface area (Å²) >= 11 is 0. The number of amides is 1. The van der Waals surface area contributed by atoms with E-state index in [9.17, 15) is 9.18 Å². The van der Waals surface area contributed by atoms with Crippen molar-refractivity contribution < 1.29 is 9.18 Å². The second-order valence-electron chi connectivity index (χ2n) is 7.32. The van der Waals surface area contributed by atoms with Gasteiger partial charge in [-0.25, -0.2) is 4.39 Å². The van der Waals surface area contributed by atoms with Gasteiger partial charge in [0.25, 0.3) is 0 Å². The van der Waals surface area contributed by atoms with Crippen molar-refractivity contribution in [3.63, 3.8) is 0 Å². The minimum Gasteiger partial charge on any atom is -0.369 e. The van der Waals surface area contributed by atoms with Gasteiger partial charge in [0.2, 0.25) is 5.91 Å². The summed E-state index contributed by atoms with van der Waals surface area (Å²) in [4.78, 5) is 18.0. The summed E-state index contributed by atoms with van der Waals surface area (Å²) in [5.74, 6) is -0.167. The number of rotatable bonds is 4. The van der Waals surface area contributed by atoms with E-state index in [1.54, 1.807) is 6.07 Å². The molecular weight excluding hydrogens is 341 g/mol. The molecule has 0 bridgehead atoms. The van der Waals surface area contributed by atoms with Crippen molar-refractivity contribution in [1.82, 2.24) is 10.3 Å². The predicted octanol–water partition coefficient (Wildman–Crippen LogP) is 3.94. The largest absolute Gasteiger partial charge is 0.369 e. The molecule has 1 aliphatic rings. The fourth-order valence-electron chi connectivity index (χ4n) is 4.02. The molecule has 2 aromatic carbocycles. The van der Waals surface area contributed by atoms with Gasteiger partial charge in [0.1, 0.15) is 5.82 Å². The number of hydrogen-bond donors (Lipinski definition) is 2. The highest BCUT2D eigenvalue weighted by Crippen LogP contribution is 2.25. The van der Waals surface area contributed by atoms with Gasteiger partial charge in [-0.1, -0.05) is 18.2 Å². The zero-order chi connectivity index (χ0) is 18.8. The first kappa shape index (κ1) is 17.6. The van der Waals surface area contributed by atoms with E-state index < -0.39 is 0 Å². The lowest BCUT2D eigenvalue weighted by Gasteiger charge is -2.35. The van der Waals surface area contributed by atoms with Gasteiger partial charge >= 0.3 is 0 Å². The van der Waals surface area contributed by atoms with Crippen LogP contribution < -0.4 is 10.2 Å². The van der Waals surface area contributed by atoms with Gasteiger partial charge < -0.3 is 15.2 Å². The number of nitrogens with one attached hydrogen (secondary N) is 2. The minimum atomic E-state index is -0.211. The summed E-state index contributed by atoms with van der Waals surface area (Å²) in [6.07, 6.45) is 4.26. The molecule has 140 valence electrons. The van der Waals surface area contributed by atoms with Gasteiger partial charge in [0, 0.05) is 41.9 Å². The smallest absolute Gasteiger partial charge is 0.224 e. The Morgan fingerprint density at radius 3 is 3.00 bits per heavy atom. The van der Waals surface area contributed by atoms with Gasteiger partial charge in [0.05, 0.1) is 6.42 Å². The van der Waals surface area contributed by atoms with Crippen LogP contribution in [0.2, 0.25) is 0 Å². The molecule has 2 N–H and O–H groups in total. The first-order valence-corrected chi connectivity index (χ1v) is 9.45. The maximum absolute atomic E-state index is 13.4. The first-order chi connectivity index (χ1) is 13.1. The lowest BCUT2D eigenvalue weighted by molar-refractivity contribution is -0.121. The summed E-state index contributed by atoms with van der Waals surface area (Å²) in [7, 11) is 0. The van der Waals surface area contributed by atoms with E-state index in [4.69, 9.17) is 0 Å². The summed E-state index contributed by atoms with van der Waals surface area (Å²) in [6.45, 7) is 3.62. The lowest BCUT2D eigenvalue weighted by atomic mass is 10.0. The molecule has 3 aromatic rings. The number of aromatic nitrogens is 1. The molecule has 4 rings (SSSR count). The van der Waals surface area contributed by atoms with Crippen LogP contribution in [-0.2, 0) is 11.2 Å². The minimum absolute atomic E-state index is 0.0439. The van der Waals surface area contributed by atoms with Crippen molar-refractivity contribution in [2.24, 2.45) is 0 Å². The Kier molecular flexibility index (Phi) is 4.84. The first-order valence-electron chi connectivity index (χ1n) is 9.45. The molecule has 0 spiro atoms.